The van der Waals surface area contributed by atoms with Gasteiger partial charge in [-0.3, -0.25) is 0 Å². The number of rotatable bonds is 5. The van der Waals surface area contributed by atoms with Crippen molar-refractivity contribution in [2.24, 2.45) is 0 Å². The quantitative estimate of drug-likeness (QED) is 0.812. The van der Waals surface area contributed by atoms with Crippen LogP contribution in [0.4, 0.5) is 11.4 Å². The summed E-state index contributed by atoms with van der Waals surface area (Å²) in [7, 11) is 1.63. The van der Waals surface area contributed by atoms with Gasteiger partial charge in [0.25, 0.3) is 0 Å². The second-order valence-electron chi connectivity index (χ2n) is 4.29. The van der Waals surface area contributed by atoms with Crippen molar-refractivity contribution in [2.45, 2.75) is 19.4 Å². The summed E-state index contributed by atoms with van der Waals surface area (Å²) in [6.07, 6.45) is 1.02. The molecule has 1 unspecified atom stereocenters. The van der Waals surface area contributed by atoms with Crippen molar-refractivity contribution in [3.63, 3.8) is 0 Å². The molecule has 3 nitrogen and oxygen atoms in total. The van der Waals surface area contributed by atoms with E-state index in [0.717, 1.165) is 12.1 Å². The molecule has 2 rings (SSSR count). The molecule has 0 aliphatic carbocycles. The molecule has 96 valence electrons. The normalized spacial score (nSPS) is 12.1. The molecule has 0 aliphatic heterocycles. The largest absolute Gasteiger partial charge is 0.495 e. The van der Waals surface area contributed by atoms with Gasteiger partial charge in [-0.1, -0.05) is 6.07 Å². The highest BCUT2D eigenvalue weighted by Crippen LogP contribution is 2.25. The van der Waals surface area contributed by atoms with Crippen LogP contribution in [0.15, 0.2) is 35.7 Å². The van der Waals surface area contributed by atoms with Gasteiger partial charge < -0.3 is 15.8 Å². The fourth-order valence-electron chi connectivity index (χ4n) is 1.87. The van der Waals surface area contributed by atoms with E-state index in [1.54, 1.807) is 18.4 Å². The van der Waals surface area contributed by atoms with Gasteiger partial charge in [0.15, 0.2) is 0 Å². The third kappa shape index (κ3) is 3.17. The molecule has 4 heteroatoms. The van der Waals surface area contributed by atoms with Gasteiger partial charge >= 0.3 is 0 Å². The molecule has 1 atom stereocenters. The number of thiophene rings is 1. The van der Waals surface area contributed by atoms with Gasteiger partial charge in [-0.2, -0.15) is 0 Å². The molecule has 0 spiro atoms. The number of hydrogen-bond donors (Lipinski definition) is 2. The van der Waals surface area contributed by atoms with E-state index >= 15 is 0 Å². The van der Waals surface area contributed by atoms with Crippen LogP contribution in [0.1, 0.15) is 11.8 Å². The summed E-state index contributed by atoms with van der Waals surface area (Å²) in [5, 5.41) is 5.56. The van der Waals surface area contributed by atoms with Crippen molar-refractivity contribution in [1.29, 1.82) is 0 Å². The third-order valence-corrected chi connectivity index (χ3v) is 3.63. The summed E-state index contributed by atoms with van der Waals surface area (Å²) >= 11 is 1.79. The minimum absolute atomic E-state index is 0.372. The van der Waals surface area contributed by atoms with Crippen LogP contribution in [0.3, 0.4) is 0 Å². The predicted molar refractivity (Wildman–Crippen MR) is 78.5 cm³/mol. The first-order valence-electron chi connectivity index (χ1n) is 5.91. The summed E-state index contributed by atoms with van der Waals surface area (Å²) in [4.78, 5) is 1.39. The highest BCUT2D eigenvalue weighted by molar-refractivity contribution is 7.09. The van der Waals surface area contributed by atoms with E-state index in [1.807, 2.05) is 18.2 Å². The SMILES string of the molecule is COc1cc(NC(C)Cc2cccs2)ccc1N. The Morgan fingerprint density at radius 2 is 2.22 bits per heavy atom. The predicted octanol–water partition coefficient (Wildman–Crippen LogP) is 3.38. The Balaban J connectivity index is 2.00. The Morgan fingerprint density at radius 1 is 1.39 bits per heavy atom. The minimum atomic E-state index is 0.372. The van der Waals surface area contributed by atoms with Crippen molar-refractivity contribution in [1.82, 2.24) is 0 Å². The van der Waals surface area contributed by atoms with Crippen LogP contribution in [0, 0.1) is 0 Å². The first-order chi connectivity index (χ1) is 8.69. The lowest BCUT2D eigenvalue weighted by atomic mass is 10.2. The molecule has 1 heterocycles. The summed E-state index contributed by atoms with van der Waals surface area (Å²) in [5.74, 6) is 0.711. The molecular formula is C14H18N2OS. The lowest BCUT2D eigenvalue weighted by Gasteiger charge is -2.15. The van der Waals surface area contributed by atoms with E-state index in [0.29, 0.717) is 17.5 Å². The highest BCUT2D eigenvalue weighted by atomic mass is 32.1. The van der Waals surface area contributed by atoms with E-state index in [4.69, 9.17) is 10.5 Å². The summed E-state index contributed by atoms with van der Waals surface area (Å²) in [6, 6.07) is 10.4. The fourth-order valence-corrected chi connectivity index (χ4v) is 2.70. The molecule has 0 saturated carbocycles. The zero-order valence-corrected chi connectivity index (χ0v) is 11.5. The molecular weight excluding hydrogens is 244 g/mol. The maximum Gasteiger partial charge on any atom is 0.143 e. The standard InChI is InChI=1S/C14H18N2OS/c1-10(8-12-4-3-7-18-12)16-11-5-6-13(15)14(9-11)17-2/h3-7,9-10,16H,8,15H2,1-2H3. The maximum absolute atomic E-state index is 5.79. The summed E-state index contributed by atoms with van der Waals surface area (Å²) < 4.78 is 5.21. The van der Waals surface area contributed by atoms with E-state index < -0.39 is 0 Å². The van der Waals surface area contributed by atoms with E-state index in [9.17, 15) is 0 Å². The van der Waals surface area contributed by atoms with Crippen molar-refractivity contribution >= 4 is 22.7 Å². The second-order valence-corrected chi connectivity index (χ2v) is 5.32. The first-order valence-corrected chi connectivity index (χ1v) is 6.79. The van der Waals surface area contributed by atoms with Gasteiger partial charge in [0.05, 0.1) is 12.8 Å². The van der Waals surface area contributed by atoms with Gasteiger partial charge in [-0.25, -0.2) is 0 Å². The highest BCUT2D eigenvalue weighted by Gasteiger charge is 2.06. The molecule has 3 N–H and O–H groups in total. The number of ether oxygens (including phenoxy) is 1. The van der Waals surface area contributed by atoms with Crippen LogP contribution in [-0.2, 0) is 6.42 Å². The Bertz CT molecular complexity index is 497. The number of anilines is 2. The first kappa shape index (κ1) is 12.8. The number of nitrogen functional groups attached to an aromatic ring is 1. The molecule has 1 aromatic heterocycles. The monoisotopic (exact) mass is 262 g/mol. The molecule has 2 aromatic rings. The summed E-state index contributed by atoms with van der Waals surface area (Å²) in [6.45, 7) is 2.17. The minimum Gasteiger partial charge on any atom is -0.495 e. The van der Waals surface area contributed by atoms with E-state index in [-0.39, 0.29) is 0 Å². The molecule has 0 amide bonds. The Labute approximate surface area is 112 Å². The average Bonchev–Trinajstić information content (AvgIpc) is 2.84. The van der Waals surface area contributed by atoms with E-state index in [2.05, 4.69) is 29.8 Å². The van der Waals surface area contributed by atoms with Crippen LogP contribution in [0.2, 0.25) is 0 Å². The van der Waals surface area contributed by atoms with Crippen LogP contribution >= 0.6 is 11.3 Å². The maximum atomic E-state index is 5.79. The fraction of sp³-hybridized carbons (Fsp3) is 0.286. The topological polar surface area (TPSA) is 47.3 Å². The van der Waals surface area contributed by atoms with Crippen molar-refractivity contribution in [2.75, 3.05) is 18.2 Å². The molecule has 18 heavy (non-hydrogen) atoms. The van der Waals surface area contributed by atoms with Gasteiger partial charge in [0.2, 0.25) is 0 Å². The number of methoxy groups -OCH3 is 1. The van der Waals surface area contributed by atoms with Crippen LogP contribution < -0.4 is 15.8 Å². The van der Waals surface area contributed by atoms with Gasteiger partial charge in [-0.15, -0.1) is 11.3 Å². The van der Waals surface area contributed by atoms with Gasteiger partial charge in [-0.05, 0) is 30.5 Å². The van der Waals surface area contributed by atoms with Crippen LogP contribution in [0.5, 0.6) is 5.75 Å². The number of nitrogens with one attached hydrogen (secondary N) is 1. The molecule has 0 aliphatic rings. The number of hydrogen-bond acceptors (Lipinski definition) is 4. The molecule has 1 aromatic carbocycles. The number of nitrogens with two attached hydrogens (primary N) is 1. The summed E-state index contributed by atoms with van der Waals surface area (Å²) in [5.41, 5.74) is 7.48. The van der Waals surface area contributed by atoms with Gasteiger partial charge in [0.1, 0.15) is 5.75 Å². The smallest absolute Gasteiger partial charge is 0.143 e. The zero-order chi connectivity index (χ0) is 13.0. The van der Waals surface area contributed by atoms with E-state index in [1.165, 1.54) is 4.88 Å². The van der Waals surface area contributed by atoms with Gasteiger partial charge in [0, 0.05) is 29.1 Å². The molecule has 0 bridgehead atoms. The number of benzene rings is 1. The third-order valence-electron chi connectivity index (χ3n) is 2.73. The second kappa shape index (κ2) is 5.78. The Hall–Kier alpha value is -1.68. The van der Waals surface area contributed by atoms with Crippen LogP contribution in [0.25, 0.3) is 0 Å². The van der Waals surface area contributed by atoms with Crippen molar-refractivity contribution < 1.29 is 4.74 Å². The average molecular weight is 262 g/mol. The molecule has 0 fully saturated rings. The molecule has 0 radical (unpaired) electrons. The molecule has 0 saturated heterocycles. The Morgan fingerprint density at radius 3 is 2.89 bits per heavy atom. The van der Waals surface area contributed by atoms with Crippen LogP contribution in [-0.4, -0.2) is 13.2 Å². The van der Waals surface area contributed by atoms with Crippen molar-refractivity contribution in [3.05, 3.63) is 40.6 Å². The van der Waals surface area contributed by atoms with Crippen molar-refractivity contribution in [3.8, 4) is 5.75 Å². The lowest BCUT2D eigenvalue weighted by molar-refractivity contribution is 0.417. The lowest BCUT2D eigenvalue weighted by Crippen LogP contribution is -2.17. The zero-order valence-electron chi connectivity index (χ0n) is 10.6. The Kier molecular flexibility index (Phi) is 4.10.